The van der Waals surface area contributed by atoms with Gasteiger partial charge in [0.25, 0.3) is 0 Å². The minimum atomic E-state index is -3.81. The van der Waals surface area contributed by atoms with Crippen LogP contribution in [0.3, 0.4) is 0 Å². The number of rotatable bonds is 8. The fourth-order valence-corrected chi connectivity index (χ4v) is 3.27. The van der Waals surface area contributed by atoms with Gasteiger partial charge in [-0.2, -0.15) is 0 Å². The zero-order valence-corrected chi connectivity index (χ0v) is 15.5. The summed E-state index contributed by atoms with van der Waals surface area (Å²) in [5, 5.41) is 2.36. The molecular formula is C15H21ClNO6P. The van der Waals surface area contributed by atoms with Gasteiger partial charge in [-0.3, -0.25) is 4.79 Å². The van der Waals surface area contributed by atoms with E-state index < -0.39 is 31.0 Å². The van der Waals surface area contributed by atoms with Gasteiger partial charge in [0.1, 0.15) is 11.8 Å². The quantitative estimate of drug-likeness (QED) is 0.549. The van der Waals surface area contributed by atoms with Crippen LogP contribution < -0.4 is 9.61 Å². The molecule has 0 amide bonds. The van der Waals surface area contributed by atoms with Crippen molar-refractivity contribution in [3.05, 3.63) is 30.3 Å². The Morgan fingerprint density at radius 1 is 1.04 bits per heavy atom. The zero-order valence-electron chi connectivity index (χ0n) is 13.9. The van der Waals surface area contributed by atoms with Crippen LogP contribution in [0, 0.1) is 0 Å². The lowest BCUT2D eigenvalue weighted by Gasteiger charge is -2.20. The van der Waals surface area contributed by atoms with E-state index in [4.69, 9.17) is 25.2 Å². The highest BCUT2D eigenvalue weighted by molar-refractivity contribution is 7.84. The summed E-state index contributed by atoms with van der Waals surface area (Å²) in [4.78, 5) is 23.6. The number of carbonyl (C=O) groups excluding carboxylic acids is 2. The molecular weight excluding hydrogens is 357 g/mol. The Labute approximate surface area is 145 Å². The first-order chi connectivity index (χ1) is 11.1. The van der Waals surface area contributed by atoms with Gasteiger partial charge >= 0.3 is 18.8 Å². The first-order valence-electron chi connectivity index (χ1n) is 7.34. The molecule has 0 fully saturated rings. The minimum absolute atomic E-state index is 0.290. The molecule has 0 aliphatic heterocycles. The molecule has 1 aromatic rings. The van der Waals surface area contributed by atoms with Crippen molar-refractivity contribution >= 4 is 30.1 Å². The van der Waals surface area contributed by atoms with Gasteiger partial charge in [0.2, 0.25) is 0 Å². The van der Waals surface area contributed by atoms with E-state index in [9.17, 15) is 14.2 Å². The van der Waals surface area contributed by atoms with Gasteiger partial charge in [-0.25, -0.2) is 14.4 Å². The monoisotopic (exact) mass is 377 g/mol. The third kappa shape index (κ3) is 7.34. The number of para-hydroxylation sites is 1. The van der Waals surface area contributed by atoms with E-state index in [0.717, 1.165) is 0 Å². The second kappa shape index (κ2) is 9.06. The first-order valence-corrected chi connectivity index (χ1v) is 9.87. The minimum Gasteiger partial charge on any atom is -0.460 e. The largest absolute Gasteiger partial charge is 0.460 e. The van der Waals surface area contributed by atoms with Crippen molar-refractivity contribution in [2.75, 3.05) is 0 Å². The molecule has 0 radical (unpaired) electrons. The molecule has 1 rings (SSSR count). The molecule has 1 N–H and O–H groups in total. The second-order valence-corrected chi connectivity index (χ2v) is 8.03. The number of benzene rings is 1. The number of halogens is 1. The summed E-state index contributed by atoms with van der Waals surface area (Å²) in [5.41, 5.74) is 0. The summed E-state index contributed by atoms with van der Waals surface area (Å²) in [6.07, 6.45) is -1.41. The number of esters is 2. The highest BCUT2D eigenvalue weighted by atomic mass is 35.7. The molecule has 134 valence electrons. The lowest BCUT2D eigenvalue weighted by Crippen LogP contribution is -2.37. The van der Waals surface area contributed by atoms with E-state index in [-0.39, 0.29) is 11.9 Å². The molecule has 0 aliphatic rings. The lowest BCUT2D eigenvalue weighted by atomic mass is 10.3. The molecule has 24 heavy (non-hydrogen) atoms. The number of hydrogen-bond donors (Lipinski definition) is 1. The van der Waals surface area contributed by atoms with E-state index in [2.05, 4.69) is 5.09 Å². The normalized spacial score (nSPS) is 15.9. The van der Waals surface area contributed by atoms with Crippen LogP contribution in [-0.4, -0.2) is 30.2 Å². The van der Waals surface area contributed by atoms with Crippen LogP contribution in [0.4, 0.5) is 0 Å². The predicted molar refractivity (Wildman–Crippen MR) is 89.9 cm³/mol. The van der Waals surface area contributed by atoms with Gasteiger partial charge in [-0.1, -0.05) is 18.2 Å². The van der Waals surface area contributed by atoms with Gasteiger partial charge in [0.05, 0.1) is 6.10 Å². The highest BCUT2D eigenvalue weighted by Gasteiger charge is 2.30. The Kier molecular flexibility index (Phi) is 7.73. The average Bonchev–Trinajstić information content (AvgIpc) is 2.46. The molecule has 0 saturated carbocycles. The number of ether oxygens (including phenoxy) is 2. The Bertz CT molecular complexity index is 609. The first kappa shape index (κ1) is 20.5. The van der Waals surface area contributed by atoms with Gasteiger partial charge in [-0.15, -0.1) is 0 Å². The molecule has 0 bridgehead atoms. The topological polar surface area (TPSA) is 90.9 Å². The standard InChI is InChI=1S/C15H21ClNO6P/c1-10(2)21-15(19)12(4)22-14(18)11(3)17-24(16,20)23-13-8-6-5-7-9-13/h5-12H,1-4H3,(H,17,20). The summed E-state index contributed by atoms with van der Waals surface area (Å²) in [6, 6.07) is 7.23. The molecule has 0 saturated heterocycles. The van der Waals surface area contributed by atoms with Gasteiger partial charge in [0.15, 0.2) is 6.10 Å². The fraction of sp³-hybridized carbons (Fsp3) is 0.467. The summed E-state index contributed by atoms with van der Waals surface area (Å²) in [6.45, 7) is 2.33. The van der Waals surface area contributed by atoms with E-state index in [1.807, 2.05) is 0 Å². The van der Waals surface area contributed by atoms with Crippen molar-refractivity contribution in [2.45, 2.75) is 45.9 Å². The second-order valence-electron chi connectivity index (χ2n) is 5.30. The van der Waals surface area contributed by atoms with Crippen LogP contribution in [0.2, 0.25) is 0 Å². The zero-order chi connectivity index (χ0) is 18.3. The molecule has 0 aliphatic carbocycles. The van der Waals surface area contributed by atoms with Crippen molar-refractivity contribution in [1.82, 2.24) is 5.09 Å². The van der Waals surface area contributed by atoms with E-state index in [1.54, 1.807) is 44.2 Å². The van der Waals surface area contributed by atoms with Crippen LogP contribution >= 0.6 is 18.1 Å². The molecule has 1 aromatic carbocycles. The maximum atomic E-state index is 12.2. The maximum Gasteiger partial charge on any atom is 0.409 e. The summed E-state index contributed by atoms with van der Waals surface area (Å²) in [5.74, 6) is -1.18. The SMILES string of the molecule is CC(C)OC(=O)C(C)OC(=O)C(C)NP(=O)(Cl)Oc1ccccc1. The van der Waals surface area contributed by atoms with E-state index in [1.165, 1.54) is 13.8 Å². The smallest absolute Gasteiger partial charge is 0.409 e. The molecule has 9 heteroatoms. The van der Waals surface area contributed by atoms with Crippen LogP contribution in [0.25, 0.3) is 0 Å². The summed E-state index contributed by atoms with van der Waals surface area (Å²) in [7, 11) is 0. The Balaban J connectivity index is 2.56. The number of hydrogen-bond acceptors (Lipinski definition) is 6. The van der Waals surface area contributed by atoms with E-state index in [0.29, 0.717) is 0 Å². The van der Waals surface area contributed by atoms with Crippen LogP contribution in [0.1, 0.15) is 27.7 Å². The third-order valence-electron chi connectivity index (χ3n) is 2.64. The van der Waals surface area contributed by atoms with Gasteiger partial charge in [-0.05, 0) is 39.8 Å². The molecule has 0 heterocycles. The number of nitrogens with one attached hydrogen (secondary N) is 1. The highest BCUT2D eigenvalue weighted by Crippen LogP contribution is 2.48. The Morgan fingerprint density at radius 2 is 1.62 bits per heavy atom. The van der Waals surface area contributed by atoms with Gasteiger partial charge in [0, 0.05) is 11.2 Å². The summed E-state index contributed by atoms with van der Waals surface area (Å²) < 4.78 is 27.2. The molecule has 0 aromatic heterocycles. The fourth-order valence-electron chi connectivity index (χ4n) is 1.58. The van der Waals surface area contributed by atoms with Crippen LogP contribution in [0.15, 0.2) is 30.3 Å². The average molecular weight is 378 g/mol. The van der Waals surface area contributed by atoms with Crippen molar-refractivity contribution in [3.63, 3.8) is 0 Å². The van der Waals surface area contributed by atoms with Crippen molar-refractivity contribution in [2.24, 2.45) is 0 Å². The predicted octanol–water partition coefficient (Wildman–Crippen LogP) is 3.27. The molecule has 3 unspecified atom stereocenters. The Hall–Kier alpha value is -1.56. The molecule has 7 nitrogen and oxygen atoms in total. The third-order valence-corrected chi connectivity index (χ3v) is 4.29. The Morgan fingerprint density at radius 3 is 2.17 bits per heavy atom. The van der Waals surface area contributed by atoms with Gasteiger partial charge < -0.3 is 14.0 Å². The maximum absolute atomic E-state index is 12.2. The van der Waals surface area contributed by atoms with Crippen molar-refractivity contribution in [3.8, 4) is 5.75 Å². The van der Waals surface area contributed by atoms with Crippen molar-refractivity contribution in [1.29, 1.82) is 0 Å². The van der Waals surface area contributed by atoms with E-state index >= 15 is 0 Å². The number of carbonyl (C=O) groups is 2. The lowest BCUT2D eigenvalue weighted by molar-refractivity contribution is -0.169. The van der Waals surface area contributed by atoms with Crippen molar-refractivity contribution < 1.29 is 28.2 Å². The molecule has 0 spiro atoms. The van der Waals surface area contributed by atoms with Crippen LogP contribution in [0.5, 0.6) is 5.75 Å². The molecule has 3 atom stereocenters. The van der Waals surface area contributed by atoms with Crippen LogP contribution in [-0.2, 0) is 23.6 Å². The summed E-state index contributed by atoms with van der Waals surface area (Å²) >= 11 is 5.80.